The summed E-state index contributed by atoms with van der Waals surface area (Å²) in [5.74, 6) is -5.13. The van der Waals surface area contributed by atoms with Gasteiger partial charge in [0.1, 0.15) is 23.5 Å². The second-order valence-electron chi connectivity index (χ2n) is 2.98. The molecule has 0 fully saturated rings. The molecule has 1 rings (SSSR count). The third kappa shape index (κ3) is 14.0. The number of hydrogen-bond acceptors (Lipinski definition) is 6. The SMILES string of the molecule is C=C(O)C(=O)[O-].C=C(O)C(=O)[O-].[CH3][V+2][C]1=CC=CC1. The number of aliphatic hydroxyl groups is 2. The third-order valence-electron chi connectivity index (χ3n) is 1.51. The summed E-state index contributed by atoms with van der Waals surface area (Å²) >= 11 is 0.523. The van der Waals surface area contributed by atoms with E-state index in [-0.39, 0.29) is 0 Å². The summed E-state index contributed by atoms with van der Waals surface area (Å²) in [7, 11) is 0. The van der Waals surface area contributed by atoms with Crippen LogP contribution in [0.25, 0.3) is 0 Å². The van der Waals surface area contributed by atoms with Crippen LogP contribution in [0.15, 0.2) is 47.2 Å². The molecule has 1 aliphatic rings. The first kappa shape index (κ1) is 19.4. The van der Waals surface area contributed by atoms with E-state index in [0.29, 0.717) is 16.3 Å². The Morgan fingerprint density at radius 1 is 1.21 bits per heavy atom. The molecule has 0 bridgehead atoms. The molecule has 0 heterocycles. The van der Waals surface area contributed by atoms with E-state index in [1.54, 1.807) is 4.28 Å². The fraction of sp³-hybridized carbons (Fsp3) is 0.167. The fourth-order valence-corrected chi connectivity index (χ4v) is 1.42. The van der Waals surface area contributed by atoms with Crippen molar-refractivity contribution in [1.82, 2.24) is 0 Å². The Morgan fingerprint density at radius 2 is 1.58 bits per heavy atom. The van der Waals surface area contributed by atoms with Gasteiger partial charge in [0, 0.05) is 0 Å². The van der Waals surface area contributed by atoms with E-state index in [0.717, 1.165) is 0 Å². The summed E-state index contributed by atoms with van der Waals surface area (Å²) in [5.41, 5.74) is 2.29. The molecule has 0 aromatic heterocycles. The number of allylic oxidation sites excluding steroid dienone is 4. The Hall–Kier alpha value is -1.92. The fourth-order valence-electron chi connectivity index (χ4n) is 0.602. The minimum atomic E-state index is -1.63. The van der Waals surface area contributed by atoms with E-state index in [1.165, 1.54) is 6.42 Å². The Balaban J connectivity index is 0. The van der Waals surface area contributed by atoms with Crippen molar-refractivity contribution in [2.45, 2.75) is 12.1 Å². The first-order valence-corrected chi connectivity index (χ1v) is 6.95. The predicted molar refractivity (Wildman–Crippen MR) is 61.3 cm³/mol. The van der Waals surface area contributed by atoms with Gasteiger partial charge in [-0.15, -0.1) is 0 Å². The van der Waals surface area contributed by atoms with Crippen molar-refractivity contribution in [3.8, 4) is 0 Å². The second-order valence-corrected chi connectivity index (χ2v) is 4.58. The summed E-state index contributed by atoms with van der Waals surface area (Å²) in [6.45, 7) is 5.30. The second kappa shape index (κ2) is 11.2. The molecule has 0 amide bonds. The van der Waals surface area contributed by atoms with E-state index in [2.05, 4.69) is 37.0 Å². The number of carbonyl (C=O) groups excluding carboxylic acids is 2. The third-order valence-corrected chi connectivity index (χ3v) is 2.93. The molecule has 0 atom stereocenters. The summed E-state index contributed by atoms with van der Waals surface area (Å²) in [6, 6.07) is 0. The van der Waals surface area contributed by atoms with Crippen molar-refractivity contribution in [1.29, 1.82) is 0 Å². The molecular formula is C12H14O6V. The maximum absolute atomic E-state index is 9.24. The van der Waals surface area contributed by atoms with Crippen LogP contribution in [0.4, 0.5) is 0 Å². The Labute approximate surface area is 118 Å². The van der Waals surface area contributed by atoms with E-state index in [4.69, 9.17) is 10.2 Å². The average Bonchev–Trinajstić information content (AvgIpc) is 2.83. The summed E-state index contributed by atoms with van der Waals surface area (Å²) < 4.78 is 1.65. The van der Waals surface area contributed by atoms with Crippen LogP contribution in [0.3, 0.4) is 0 Å². The molecule has 0 spiro atoms. The van der Waals surface area contributed by atoms with Crippen LogP contribution in [0.1, 0.15) is 6.42 Å². The summed E-state index contributed by atoms with van der Waals surface area (Å²) in [6.07, 6.45) is 7.83. The van der Waals surface area contributed by atoms with Gasteiger partial charge in [0.05, 0.1) is 0 Å². The molecule has 1 aliphatic carbocycles. The van der Waals surface area contributed by atoms with Crippen LogP contribution >= 0.6 is 0 Å². The zero-order chi connectivity index (χ0) is 15.4. The minimum absolute atomic E-state index is 0.523. The van der Waals surface area contributed by atoms with Gasteiger partial charge < -0.3 is 30.0 Å². The topological polar surface area (TPSA) is 121 Å². The van der Waals surface area contributed by atoms with Gasteiger partial charge in [0.25, 0.3) is 0 Å². The van der Waals surface area contributed by atoms with Gasteiger partial charge in [0.15, 0.2) is 0 Å². The van der Waals surface area contributed by atoms with E-state index >= 15 is 0 Å². The summed E-state index contributed by atoms with van der Waals surface area (Å²) in [5, 5.41) is 34.0. The molecule has 19 heavy (non-hydrogen) atoms. The van der Waals surface area contributed by atoms with Crippen LogP contribution < -0.4 is 10.2 Å². The van der Waals surface area contributed by atoms with Crippen LogP contribution in [0.2, 0.25) is 5.64 Å². The predicted octanol–water partition coefficient (Wildman–Crippen LogP) is -0.423. The van der Waals surface area contributed by atoms with E-state index in [1.807, 2.05) is 0 Å². The van der Waals surface area contributed by atoms with Crippen molar-refractivity contribution in [3.05, 3.63) is 47.2 Å². The van der Waals surface area contributed by atoms with Gasteiger partial charge in [-0.25, -0.2) is 0 Å². The number of carboxylic acid groups (broad SMARTS) is 2. The number of hydrogen-bond donors (Lipinski definition) is 2. The van der Waals surface area contributed by atoms with E-state index < -0.39 is 23.5 Å². The first-order chi connectivity index (χ1) is 8.72. The van der Waals surface area contributed by atoms with Crippen LogP contribution in [-0.2, 0) is 25.9 Å². The molecule has 0 aromatic rings. The van der Waals surface area contributed by atoms with Gasteiger partial charge >= 0.3 is 50.9 Å². The Bertz CT molecular complexity index is 360. The van der Waals surface area contributed by atoms with Gasteiger partial charge in [-0.1, -0.05) is 13.2 Å². The zero-order valence-corrected chi connectivity index (χ0v) is 11.7. The quantitative estimate of drug-likeness (QED) is 0.539. The number of aliphatic carboxylic acids is 2. The van der Waals surface area contributed by atoms with Crippen LogP contribution in [0.5, 0.6) is 0 Å². The molecule has 7 heteroatoms. The van der Waals surface area contributed by atoms with Crippen molar-refractivity contribution in [2.24, 2.45) is 0 Å². The molecular weight excluding hydrogens is 291 g/mol. The molecule has 0 aliphatic heterocycles. The van der Waals surface area contributed by atoms with Gasteiger partial charge in [0.2, 0.25) is 0 Å². The number of rotatable bonds is 3. The van der Waals surface area contributed by atoms with Gasteiger partial charge in [-0.05, 0) is 0 Å². The van der Waals surface area contributed by atoms with Crippen molar-refractivity contribution in [3.63, 3.8) is 0 Å². The number of carbonyl (C=O) groups is 2. The first-order valence-electron chi connectivity index (χ1n) is 4.86. The molecule has 0 unspecified atom stereocenters. The zero-order valence-electron chi connectivity index (χ0n) is 10.3. The molecule has 0 aromatic carbocycles. The van der Waals surface area contributed by atoms with Crippen molar-refractivity contribution >= 4 is 11.9 Å². The summed E-state index contributed by atoms with van der Waals surface area (Å²) in [4.78, 5) is 18.5. The molecule has 0 radical (unpaired) electrons. The molecule has 0 saturated carbocycles. The van der Waals surface area contributed by atoms with Crippen LogP contribution in [0, 0.1) is 0 Å². The molecule has 2 N–H and O–H groups in total. The average molecular weight is 305 g/mol. The Morgan fingerprint density at radius 3 is 1.68 bits per heavy atom. The maximum atomic E-state index is 9.24. The van der Waals surface area contributed by atoms with Crippen molar-refractivity contribution < 1.29 is 46.3 Å². The van der Waals surface area contributed by atoms with Crippen molar-refractivity contribution in [2.75, 3.05) is 0 Å². The molecule has 103 valence electrons. The van der Waals surface area contributed by atoms with Gasteiger partial charge in [-0.2, -0.15) is 0 Å². The van der Waals surface area contributed by atoms with E-state index in [9.17, 15) is 19.8 Å². The number of aliphatic hydroxyl groups excluding tert-OH is 2. The normalized spacial score (nSPS) is 10.7. The van der Waals surface area contributed by atoms with Gasteiger partial charge in [-0.3, -0.25) is 0 Å². The standard InChI is InChI=1S/C5H5.2C3H4O3.CH3.V/c1-2-4-5-3-1;2*1-2(4)3(5)6;;/h1-3H,4H2;2*4H,1H2,(H,5,6);1H3;/q;;;;+2/p-2. The Kier molecular flexibility index (Phi) is 11.4. The molecule has 0 saturated heterocycles. The van der Waals surface area contributed by atoms with Crippen LogP contribution in [-0.4, -0.2) is 22.2 Å². The number of carboxylic acids is 2. The molecule has 6 nitrogen and oxygen atoms in total. The monoisotopic (exact) mass is 305 g/mol.